The van der Waals surface area contributed by atoms with Gasteiger partial charge < -0.3 is 9.73 Å². The smallest absolute Gasteiger partial charge is 0.243 e. The van der Waals surface area contributed by atoms with Gasteiger partial charge in [0.25, 0.3) is 0 Å². The third-order valence-corrected chi connectivity index (χ3v) is 2.01. The van der Waals surface area contributed by atoms with E-state index >= 15 is 0 Å². The first-order chi connectivity index (χ1) is 6.79. The molecule has 0 radical (unpaired) electrons. The van der Waals surface area contributed by atoms with Gasteiger partial charge in [-0.2, -0.15) is 0 Å². The number of rotatable bonds is 4. The van der Waals surface area contributed by atoms with Crippen molar-refractivity contribution in [3.05, 3.63) is 24.4 Å². The van der Waals surface area contributed by atoms with Gasteiger partial charge in [-0.15, -0.1) is 10.2 Å². The fourth-order valence-corrected chi connectivity index (χ4v) is 1.07. The first-order valence-electron chi connectivity index (χ1n) is 4.52. The van der Waals surface area contributed by atoms with Crippen molar-refractivity contribution in [3.63, 3.8) is 0 Å². The average Bonchev–Trinajstić information content (AvgIpc) is 2.95. The monoisotopic (exact) mass is 193 g/mol. The van der Waals surface area contributed by atoms with Crippen LogP contribution in [0.25, 0.3) is 0 Å². The molecule has 0 aromatic carbocycles. The van der Waals surface area contributed by atoms with E-state index in [1.165, 1.54) is 6.08 Å². The summed E-state index contributed by atoms with van der Waals surface area (Å²) in [7, 11) is 0. The standard InChI is InChI=1S/C9H11N3O2/c1-2-7(13)10-5-8-11-12-9(14-8)6-3-4-6/h2,6H,1,3-5H2,(H,10,13). The summed E-state index contributed by atoms with van der Waals surface area (Å²) in [5.41, 5.74) is 0. The molecule has 2 rings (SSSR count). The minimum atomic E-state index is -0.240. The maximum atomic E-state index is 10.8. The molecule has 74 valence electrons. The minimum Gasteiger partial charge on any atom is -0.423 e. The predicted molar refractivity (Wildman–Crippen MR) is 48.3 cm³/mol. The highest BCUT2D eigenvalue weighted by atomic mass is 16.4. The lowest BCUT2D eigenvalue weighted by Crippen LogP contribution is -2.20. The number of nitrogens with one attached hydrogen (secondary N) is 1. The fourth-order valence-electron chi connectivity index (χ4n) is 1.07. The number of carbonyl (C=O) groups is 1. The predicted octanol–water partition coefficient (Wildman–Crippen LogP) is 0.749. The number of carbonyl (C=O) groups excluding carboxylic acids is 1. The van der Waals surface area contributed by atoms with Crippen LogP contribution in [0.2, 0.25) is 0 Å². The average molecular weight is 193 g/mol. The van der Waals surface area contributed by atoms with Crippen molar-refractivity contribution in [1.82, 2.24) is 15.5 Å². The van der Waals surface area contributed by atoms with Crippen molar-refractivity contribution in [1.29, 1.82) is 0 Å². The van der Waals surface area contributed by atoms with Crippen molar-refractivity contribution < 1.29 is 9.21 Å². The van der Waals surface area contributed by atoms with Gasteiger partial charge >= 0.3 is 0 Å². The lowest BCUT2D eigenvalue weighted by Gasteiger charge is -1.95. The molecule has 0 unspecified atom stereocenters. The number of hydrogen-bond acceptors (Lipinski definition) is 4. The van der Waals surface area contributed by atoms with Crippen molar-refractivity contribution in [2.24, 2.45) is 0 Å². The van der Waals surface area contributed by atoms with Gasteiger partial charge in [-0.1, -0.05) is 6.58 Å². The fraction of sp³-hybridized carbons (Fsp3) is 0.444. The van der Waals surface area contributed by atoms with Gasteiger partial charge in [0.1, 0.15) is 0 Å². The summed E-state index contributed by atoms with van der Waals surface area (Å²) in [6.07, 6.45) is 3.46. The molecular formula is C9H11N3O2. The topological polar surface area (TPSA) is 68.0 Å². The summed E-state index contributed by atoms with van der Waals surface area (Å²) in [5, 5.41) is 10.3. The van der Waals surface area contributed by atoms with E-state index in [-0.39, 0.29) is 12.5 Å². The lowest BCUT2D eigenvalue weighted by atomic mass is 10.4. The molecule has 0 aliphatic heterocycles. The first-order valence-corrected chi connectivity index (χ1v) is 4.52. The molecule has 1 heterocycles. The van der Waals surface area contributed by atoms with Gasteiger partial charge in [0, 0.05) is 5.92 Å². The number of nitrogens with zero attached hydrogens (tertiary/aromatic N) is 2. The van der Waals surface area contributed by atoms with Crippen LogP contribution in [0.5, 0.6) is 0 Å². The third kappa shape index (κ3) is 1.99. The van der Waals surface area contributed by atoms with E-state index in [4.69, 9.17) is 4.42 Å². The molecule has 5 nitrogen and oxygen atoms in total. The van der Waals surface area contributed by atoms with Crippen LogP contribution in [-0.2, 0) is 11.3 Å². The van der Waals surface area contributed by atoms with Crippen LogP contribution >= 0.6 is 0 Å². The summed E-state index contributed by atoms with van der Waals surface area (Å²) in [4.78, 5) is 10.8. The highest BCUT2D eigenvalue weighted by Gasteiger charge is 2.29. The molecule has 5 heteroatoms. The van der Waals surface area contributed by atoms with Crippen LogP contribution in [-0.4, -0.2) is 16.1 Å². The molecule has 1 aliphatic rings. The largest absolute Gasteiger partial charge is 0.423 e. The molecule has 0 atom stereocenters. The highest BCUT2D eigenvalue weighted by molar-refractivity contribution is 5.86. The van der Waals surface area contributed by atoms with E-state index in [0.29, 0.717) is 17.7 Å². The van der Waals surface area contributed by atoms with Gasteiger partial charge in [0.15, 0.2) is 0 Å². The van der Waals surface area contributed by atoms with Crippen LogP contribution in [0.3, 0.4) is 0 Å². The van der Waals surface area contributed by atoms with Crippen LogP contribution in [0.1, 0.15) is 30.5 Å². The zero-order valence-electron chi connectivity index (χ0n) is 7.69. The Morgan fingerprint density at radius 3 is 3.07 bits per heavy atom. The Hall–Kier alpha value is -1.65. The van der Waals surface area contributed by atoms with E-state index in [1.54, 1.807) is 0 Å². The normalized spacial score (nSPS) is 15.1. The van der Waals surface area contributed by atoms with E-state index < -0.39 is 0 Å². The quantitative estimate of drug-likeness (QED) is 0.716. The molecule has 1 N–H and O–H groups in total. The summed E-state index contributed by atoms with van der Waals surface area (Å²) in [5.74, 6) is 1.34. The Kier molecular flexibility index (Phi) is 2.30. The Bertz CT molecular complexity index is 355. The molecule has 1 aliphatic carbocycles. The molecule has 1 amide bonds. The highest BCUT2D eigenvalue weighted by Crippen LogP contribution is 2.38. The molecular weight excluding hydrogens is 182 g/mol. The summed E-state index contributed by atoms with van der Waals surface area (Å²) >= 11 is 0. The molecule has 0 bridgehead atoms. The Balaban J connectivity index is 1.89. The minimum absolute atomic E-state index is 0.240. The van der Waals surface area contributed by atoms with E-state index in [9.17, 15) is 4.79 Å². The Morgan fingerprint density at radius 1 is 1.64 bits per heavy atom. The summed E-state index contributed by atoms with van der Waals surface area (Å²) in [6, 6.07) is 0. The van der Waals surface area contributed by atoms with Crippen LogP contribution < -0.4 is 5.32 Å². The second-order valence-corrected chi connectivity index (χ2v) is 3.23. The zero-order chi connectivity index (χ0) is 9.97. The number of hydrogen-bond donors (Lipinski definition) is 1. The lowest BCUT2D eigenvalue weighted by molar-refractivity contribution is -0.116. The maximum absolute atomic E-state index is 10.8. The van der Waals surface area contributed by atoms with Crippen molar-refractivity contribution in [2.75, 3.05) is 0 Å². The van der Waals surface area contributed by atoms with Crippen LogP contribution in [0.4, 0.5) is 0 Å². The van der Waals surface area contributed by atoms with Gasteiger partial charge in [-0.05, 0) is 18.9 Å². The molecule has 0 spiro atoms. The van der Waals surface area contributed by atoms with E-state index in [1.807, 2.05) is 0 Å². The van der Waals surface area contributed by atoms with E-state index in [0.717, 1.165) is 12.8 Å². The van der Waals surface area contributed by atoms with Crippen molar-refractivity contribution in [2.45, 2.75) is 25.3 Å². The molecule has 1 fully saturated rings. The van der Waals surface area contributed by atoms with Crippen molar-refractivity contribution >= 4 is 5.91 Å². The van der Waals surface area contributed by atoms with Crippen LogP contribution in [0, 0.1) is 0 Å². The second-order valence-electron chi connectivity index (χ2n) is 3.23. The molecule has 1 saturated carbocycles. The summed E-state index contributed by atoms with van der Waals surface area (Å²) in [6.45, 7) is 3.61. The zero-order valence-corrected chi connectivity index (χ0v) is 7.69. The number of amides is 1. The molecule has 0 saturated heterocycles. The van der Waals surface area contributed by atoms with Gasteiger partial charge in [-0.3, -0.25) is 4.79 Å². The van der Waals surface area contributed by atoms with Gasteiger partial charge in [0.2, 0.25) is 17.7 Å². The van der Waals surface area contributed by atoms with Gasteiger partial charge in [0.05, 0.1) is 6.54 Å². The Labute approximate surface area is 81.2 Å². The van der Waals surface area contributed by atoms with Crippen LogP contribution in [0.15, 0.2) is 17.1 Å². The Morgan fingerprint density at radius 2 is 2.43 bits per heavy atom. The molecule has 1 aromatic rings. The SMILES string of the molecule is C=CC(=O)NCc1nnc(C2CC2)o1. The number of aromatic nitrogens is 2. The molecule has 1 aromatic heterocycles. The first kappa shape index (κ1) is 8.93. The summed E-state index contributed by atoms with van der Waals surface area (Å²) < 4.78 is 5.33. The van der Waals surface area contributed by atoms with E-state index in [2.05, 4.69) is 22.1 Å². The third-order valence-electron chi connectivity index (χ3n) is 2.01. The van der Waals surface area contributed by atoms with Crippen molar-refractivity contribution in [3.8, 4) is 0 Å². The molecule has 14 heavy (non-hydrogen) atoms. The second kappa shape index (κ2) is 3.61. The maximum Gasteiger partial charge on any atom is 0.243 e. The van der Waals surface area contributed by atoms with Gasteiger partial charge in [-0.25, -0.2) is 0 Å².